The number of cyclic esters (lactones) is 1. The molecule has 2 aromatic carbocycles. The second-order valence-electron chi connectivity index (χ2n) is 7.08. The predicted octanol–water partition coefficient (Wildman–Crippen LogP) is 2.48. The van der Waals surface area contributed by atoms with E-state index in [1.54, 1.807) is 6.07 Å². The highest BCUT2D eigenvalue weighted by Crippen LogP contribution is 2.40. The lowest BCUT2D eigenvalue weighted by Gasteiger charge is -2.23. The monoisotopic (exact) mass is 442 g/mol. The second kappa shape index (κ2) is 10.5. The van der Waals surface area contributed by atoms with Crippen LogP contribution < -0.4 is 19.5 Å². The van der Waals surface area contributed by atoms with E-state index in [1.165, 1.54) is 21.3 Å². The van der Waals surface area contributed by atoms with Crippen molar-refractivity contribution in [3.63, 3.8) is 0 Å². The van der Waals surface area contributed by atoms with Gasteiger partial charge in [0.25, 0.3) is 5.91 Å². The first-order valence-electron chi connectivity index (χ1n) is 10.1. The Labute approximate surface area is 186 Å². The number of hydrogen-bond donors (Lipinski definition) is 1. The van der Waals surface area contributed by atoms with E-state index in [2.05, 4.69) is 5.32 Å². The fraction of sp³-hybridized carbons (Fsp3) is 0.348. The molecule has 1 aliphatic heterocycles. The van der Waals surface area contributed by atoms with Gasteiger partial charge in [0.15, 0.2) is 18.1 Å². The number of hydrogen-bond acceptors (Lipinski definition) is 7. The summed E-state index contributed by atoms with van der Waals surface area (Å²) in [5, 5.41) is 2.92. The number of nitrogens with one attached hydrogen (secondary N) is 1. The number of carbonyl (C=O) groups is 3. The quantitative estimate of drug-likeness (QED) is 0.603. The van der Waals surface area contributed by atoms with E-state index in [4.69, 9.17) is 18.9 Å². The molecule has 9 heteroatoms. The van der Waals surface area contributed by atoms with Crippen molar-refractivity contribution in [2.24, 2.45) is 0 Å². The molecule has 1 atom stereocenters. The summed E-state index contributed by atoms with van der Waals surface area (Å²) in [5.74, 6) is 0.825. The number of aryl methyl sites for hydroxylation is 1. The van der Waals surface area contributed by atoms with Crippen LogP contribution in [0.3, 0.4) is 0 Å². The summed E-state index contributed by atoms with van der Waals surface area (Å²) in [7, 11) is 4.58. The molecule has 32 heavy (non-hydrogen) atoms. The maximum absolute atomic E-state index is 12.8. The first-order valence-corrected chi connectivity index (χ1v) is 10.1. The standard InChI is InChI=1S/C23H26N2O7/c1-29-18-11-9-16(21(30-2)22(18)31-3)10-12-19(26)24-17(15-7-5-4-6-8-15)13-25-20(27)14-32-23(25)28/h4-9,11,17H,10,12-14H2,1-3H3,(H,24,26). The Morgan fingerprint density at radius 3 is 2.34 bits per heavy atom. The third-order valence-corrected chi connectivity index (χ3v) is 5.15. The van der Waals surface area contributed by atoms with Crippen LogP contribution in [0.1, 0.15) is 23.6 Å². The minimum absolute atomic E-state index is 0.00685. The molecule has 1 saturated heterocycles. The molecule has 0 aromatic heterocycles. The molecule has 3 rings (SSSR count). The number of ether oxygens (including phenoxy) is 4. The van der Waals surface area contributed by atoms with Crippen LogP contribution in [0.15, 0.2) is 42.5 Å². The summed E-state index contributed by atoms with van der Waals surface area (Å²) in [6, 6.07) is 12.2. The molecule has 1 heterocycles. The van der Waals surface area contributed by atoms with Crippen molar-refractivity contribution in [3.05, 3.63) is 53.6 Å². The van der Waals surface area contributed by atoms with Gasteiger partial charge in [-0.2, -0.15) is 0 Å². The molecule has 1 aliphatic rings. The van der Waals surface area contributed by atoms with Crippen molar-refractivity contribution in [2.75, 3.05) is 34.5 Å². The molecular formula is C23H26N2O7. The number of imide groups is 1. The van der Waals surface area contributed by atoms with Crippen LogP contribution >= 0.6 is 0 Å². The first kappa shape index (κ1) is 22.9. The molecular weight excluding hydrogens is 416 g/mol. The van der Waals surface area contributed by atoms with Crippen molar-refractivity contribution < 1.29 is 33.3 Å². The molecule has 9 nitrogen and oxygen atoms in total. The number of methoxy groups -OCH3 is 3. The molecule has 0 saturated carbocycles. The molecule has 1 fully saturated rings. The minimum Gasteiger partial charge on any atom is -0.493 e. The van der Waals surface area contributed by atoms with Crippen LogP contribution in [-0.2, 0) is 20.7 Å². The maximum Gasteiger partial charge on any atom is 0.417 e. The van der Waals surface area contributed by atoms with Crippen molar-refractivity contribution >= 4 is 17.9 Å². The van der Waals surface area contributed by atoms with Gasteiger partial charge in [0.05, 0.1) is 33.9 Å². The SMILES string of the molecule is COc1ccc(CCC(=O)NC(CN2C(=O)COC2=O)c2ccccc2)c(OC)c1OC. The third-order valence-electron chi connectivity index (χ3n) is 5.15. The van der Waals surface area contributed by atoms with E-state index in [-0.39, 0.29) is 25.5 Å². The number of amides is 3. The van der Waals surface area contributed by atoms with Gasteiger partial charge in [-0.05, 0) is 23.6 Å². The second-order valence-corrected chi connectivity index (χ2v) is 7.08. The Morgan fingerprint density at radius 2 is 1.75 bits per heavy atom. The Balaban J connectivity index is 1.72. The van der Waals surface area contributed by atoms with Gasteiger partial charge in [0, 0.05) is 6.42 Å². The molecule has 0 radical (unpaired) electrons. The molecule has 0 aliphatic carbocycles. The lowest BCUT2D eigenvalue weighted by atomic mass is 10.0. The van der Waals surface area contributed by atoms with Crippen LogP contribution in [0.4, 0.5) is 4.79 Å². The summed E-state index contributed by atoms with van der Waals surface area (Å²) < 4.78 is 20.9. The summed E-state index contributed by atoms with van der Waals surface area (Å²) in [4.78, 5) is 37.6. The Kier molecular flexibility index (Phi) is 7.54. The number of carbonyl (C=O) groups excluding carboxylic acids is 3. The maximum atomic E-state index is 12.8. The van der Waals surface area contributed by atoms with Gasteiger partial charge >= 0.3 is 6.09 Å². The first-order chi connectivity index (χ1) is 15.5. The number of nitrogens with zero attached hydrogens (tertiary/aromatic N) is 1. The average Bonchev–Trinajstić information content (AvgIpc) is 3.14. The van der Waals surface area contributed by atoms with Gasteiger partial charge in [-0.1, -0.05) is 36.4 Å². The molecule has 3 amide bonds. The van der Waals surface area contributed by atoms with Crippen molar-refractivity contribution in [2.45, 2.75) is 18.9 Å². The fourth-order valence-corrected chi connectivity index (χ4v) is 3.53. The van der Waals surface area contributed by atoms with E-state index in [0.717, 1.165) is 16.0 Å². The molecule has 1 unspecified atom stereocenters. The van der Waals surface area contributed by atoms with Gasteiger partial charge < -0.3 is 24.3 Å². The van der Waals surface area contributed by atoms with Crippen molar-refractivity contribution in [1.29, 1.82) is 0 Å². The Morgan fingerprint density at radius 1 is 1.03 bits per heavy atom. The van der Waals surface area contributed by atoms with Gasteiger partial charge in [0.2, 0.25) is 11.7 Å². The smallest absolute Gasteiger partial charge is 0.417 e. The lowest BCUT2D eigenvalue weighted by molar-refractivity contribution is -0.127. The highest BCUT2D eigenvalue weighted by atomic mass is 16.6. The molecule has 0 bridgehead atoms. The largest absolute Gasteiger partial charge is 0.493 e. The van der Waals surface area contributed by atoms with Crippen LogP contribution in [0.5, 0.6) is 17.2 Å². The summed E-state index contributed by atoms with van der Waals surface area (Å²) >= 11 is 0. The zero-order valence-electron chi connectivity index (χ0n) is 18.3. The Hall–Kier alpha value is -3.75. The average molecular weight is 442 g/mol. The van der Waals surface area contributed by atoms with Gasteiger partial charge in [-0.25, -0.2) is 9.69 Å². The van der Waals surface area contributed by atoms with E-state index >= 15 is 0 Å². The number of benzene rings is 2. The van der Waals surface area contributed by atoms with Crippen LogP contribution in [0.25, 0.3) is 0 Å². The van der Waals surface area contributed by atoms with Crippen LogP contribution in [-0.4, -0.2) is 57.3 Å². The van der Waals surface area contributed by atoms with E-state index in [1.807, 2.05) is 36.4 Å². The zero-order chi connectivity index (χ0) is 23.1. The minimum atomic E-state index is -0.708. The van der Waals surface area contributed by atoms with Crippen molar-refractivity contribution in [1.82, 2.24) is 10.2 Å². The van der Waals surface area contributed by atoms with Gasteiger partial charge in [0.1, 0.15) is 0 Å². The van der Waals surface area contributed by atoms with Crippen molar-refractivity contribution in [3.8, 4) is 17.2 Å². The molecule has 1 N–H and O–H groups in total. The van der Waals surface area contributed by atoms with Crippen LogP contribution in [0.2, 0.25) is 0 Å². The van der Waals surface area contributed by atoms with Crippen LogP contribution in [0, 0.1) is 0 Å². The topological polar surface area (TPSA) is 103 Å². The summed E-state index contributed by atoms with van der Waals surface area (Å²) in [6.45, 7) is -0.291. The highest BCUT2D eigenvalue weighted by molar-refractivity contribution is 5.97. The van der Waals surface area contributed by atoms with E-state index in [0.29, 0.717) is 23.7 Å². The Bertz CT molecular complexity index is 962. The predicted molar refractivity (Wildman–Crippen MR) is 115 cm³/mol. The molecule has 2 aromatic rings. The lowest BCUT2D eigenvalue weighted by Crippen LogP contribution is -2.40. The van der Waals surface area contributed by atoms with Gasteiger partial charge in [-0.3, -0.25) is 9.59 Å². The number of rotatable bonds is 10. The molecule has 170 valence electrons. The van der Waals surface area contributed by atoms with Gasteiger partial charge in [-0.15, -0.1) is 0 Å². The molecule has 0 spiro atoms. The summed E-state index contributed by atoms with van der Waals surface area (Å²) in [6.07, 6.45) is -0.157. The highest BCUT2D eigenvalue weighted by Gasteiger charge is 2.33. The van der Waals surface area contributed by atoms with E-state index < -0.39 is 18.0 Å². The third kappa shape index (κ3) is 5.11. The fourth-order valence-electron chi connectivity index (χ4n) is 3.53. The zero-order valence-corrected chi connectivity index (χ0v) is 18.3. The normalized spacial score (nSPS) is 14.0. The van der Waals surface area contributed by atoms with E-state index in [9.17, 15) is 14.4 Å². The summed E-state index contributed by atoms with van der Waals surface area (Å²) in [5.41, 5.74) is 1.56.